The van der Waals surface area contributed by atoms with E-state index in [0.717, 1.165) is 0 Å². The molecule has 0 aliphatic heterocycles. The number of nitrogens with zero attached hydrogens (tertiary/aromatic N) is 2. The van der Waals surface area contributed by atoms with Gasteiger partial charge in [0.05, 0.1) is 48.8 Å². The smallest absolute Gasteiger partial charge is 0.548 e. The minimum atomic E-state index is -1.36. The number of aromatic nitrogens is 4. The Kier molecular flexibility index (Phi) is 13.3. The van der Waals surface area contributed by atoms with Crippen LogP contribution >= 0.6 is 0 Å². The van der Waals surface area contributed by atoms with Crippen LogP contribution < -0.4 is 32.3 Å². The molecule has 0 saturated carbocycles. The summed E-state index contributed by atoms with van der Waals surface area (Å²) >= 11 is 0. The number of carbonyl (C=O) groups excluding carboxylic acids is 4. The Balaban J connectivity index is 0.000000602. The minimum absolute atomic E-state index is 0. The Labute approximate surface area is 199 Å². The second-order valence-electron chi connectivity index (χ2n) is 6.90. The first-order chi connectivity index (χ1) is 15.0. The normalized spacial score (nSPS) is 13.7. The maximum Gasteiger partial charge on any atom is 2.00 e. The van der Waals surface area contributed by atoms with Crippen LogP contribution in [0.3, 0.4) is 0 Å². The number of nitrogens with two attached hydrogens (primary N) is 2. The van der Waals surface area contributed by atoms with Gasteiger partial charge in [-0.05, 0) is 13.8 Å². The molecule has 185 valence electrons. The van der Waals surface area contributed by atoms with Gasteiger partial charge >= 0.3 is 17.1 Å². The van der Waals surface area contributed by atoms with Crippen LogP contribution in [-0.4, -0.2) is 67.9 Å². The van der Waals surface area contributed by atoms with Gasteiger partial charge in [-0.25, -0.2) is 9.97 Å². The van der Waals surface area contributed by atoms with Crippen LogP contribution in [0.5, 0.6) is 0 Å². The molecule has 0 aliphatic rings. The number of carboxylic acids is 2. The molecule has 0 aliphatic carbocycles. The summed E-state index contributed by atoms with van der Waals surface area (Å²) in [4.78, 5) is 57.0. The zero-order valence-corrected chi connectivity index (χ0v) is 18.8. The fraction of sp³-hybridized carbons (Fsp3) is 0.444. The van der Waals surface area contributed by atoms with E-state index in [1.807, 2.05) is 0 Å². The van der Waals surface area contributed by atoms with E-state index in [9.17, 15) is 29.4 Å². The first-order valence-electron chi connectivity index (χ1n) is 9.49. The average Bonchev–Trinajstić information content (AvgIpc) is 3.41. The number of hydrogen-bond acceptors (Lipinski definition) is 10. The Morgan fingerprint density at radius 3 is 1.39 bits per heavy atom. The molecule has 0 fully saturated rings. The Morgan fingerprint density at radius 1 is 0.848 bits per heavy atom. The Hall–Kier alpha value is -3.26. The number of amides is 2. The maximum atomic E-state index is 11.2. The van der Waals surface area contributed by atoms with E-state index in [1.165, 1.54) is 38.9 Å². The summed E-state index contributed by atoms with van der Waals surface area (Å²) in [5, 5.41) is 26.1. The summed E-state index contributed by atoms with van der Waals surface area (Å²) < 4.78 is 0. The molecule has 2 amide bonds. The van der Waals surface area contributed by atoms with Gasteiger partial charge in [-0.1, -0.05) is 0 Å². The van der Waals surface area contributed by atoms with Gasteiger partial charge in [0.1, 0.15) is 0 Å². The molecule has 8 N–H and O–H groups in total. The molecule has 15 heteroatoms. The summed E-state index contributed by atoms with van der Waals surface area (Å²) in [6.07, 6.45) is 5.98. The van der Waals surface area contributed by atoms with E-state index in [1.54, 1.807) is 0 Å². The third kappa shape index (κ3) is 11.2. The molecular weight excluding hydrogens is 488 g/mol. The van der Waals surface area contributed by atoms with Crippen molar-refractivity contribution in [3.05, 3.63) is 36.4 Å². The molecule has 4 atom stereocenters. The maximum absolute atomic E-state index is 11.2. The van der Waals surface area contributed by atoms with Crippen molar-refractivity contribution in [3.8, 4) is 0 Å². The van der Waals surface area contributed by atoms with Gasteiger partial charge < -0.3 is 51.9 Å². The van der Waals surface area contributed by atoms with Gasteiger partial charge in [0.15, 0.2) is 0 Å². The number of imidazole rings is 2. The molecule has 2 rings (SSSR count). The quantitative estimate of drug-likeness (QED) is 0.165. The standard InChI is InChI=1S/2C9H14N4O3.Cu/c2*1-5(10)8(14)13-7(9(15)16)2-6-3-11-4-12-6;/h2*3-5,7H,2,10H2,1H3,(H,11,12)(H,13,14)(H,15,16);/q;;+2/p-2/t2*5-,7-;/m00./s1. The van der Waals surface area contributed by atoms with E-state index in [0.29, 0.717) is 11.4 Å². The fourth-order valence-corrected chi connectivity index (χ4v) is 2.23. The van der Waals surface area contributed by atoms with Crippen LogP contribution in [-0.2, 0) is 49.1 Å². The molecular formula is C18H26CuN8O6. The largest absolute Gasteiger partial charge is 2.00 e. The molecule has 2 aromatic rings. The van der Waals surface area contributed by atoms with Crippen molar-refractivity contribution in [2.24, 2.45) is 11.5 Å². The summed E-state index contributed by atoms with van der Waals surface area (Å²) in [5.41, 5.74) is 11.8. The molecule has 14 nitrogen and oxygen atoms in total. The zero-order chi connectivity index (χ0) is 24.3. The first-order valence-corrected chi connectivity index (χ1v) is 9.49. The van der Waals surface area contributed by atoms with Gasteiger partial charge in [-0.2, -0.15) is 0 Å². The minimum Gasteiger partial charge on any atom is -0.548 e. The summed E-state index contributed by atoms with van der Waals surface area (Å²) in [5.74, 6) is -3.78. The summed E-state index contributed by atoms with van der Waals surface area (Å²) in [7, 11) is 0. The number of carboxylic acid groups (broad SMARTS) is 2. The van der Waals surface area contributed by atoms with Crippen molar-refractivity contribution in [1.82, 2.24) is 30.6 Å². The monoisotopic (exact) mass is 513 g/mol. The Bertz CT molecular complexity index is 800. The number of aliphatic carboxylic acids is 2. The van der Waals surface area contributed by atoms with Gasteiger partial charge in [0.2, 0.25) is 11.8 Å². The fourth-order valence-electron chi connectivity index (χ4n) is 2.23. The number of nitrogens with one attached hydrogen (secondary N) is 4. The first kappa shape index (κ1) is 29.7. The molecule has 2 heterocycles. The molecule has 1 radical (unpaired) electrons. The predicted molar refractivity (Wildman–Crippen MR) is 106 cm³/mol. The van der Waals surface area contributed by atoms with E-state index >= 15 is 0 Å². The zero-order valence-electron chi connectivity index (χ0n) is 17.8. The summed E-state index contributed by atoms with van der Waals surface area (Å²) in [6, 6.07) is -3.75. The van der Waals surface area contributed by atoms with Crippen molar-refractivity contribution in [3.63, 3.8) is 0 Å². The van der Waals surface area contributed by atoms with E-state index in [2.05, 4.69) is 30.6 Å². The van der Waals surface area contributed by atoms with Crippen LogP contribution in [0.4, 0.5) is 0 Å². The van der Waals surface area contributed by atoms with Crippen molar-refractivity contribution in [2.75, 3.05) is 0 Å². The molecule has 0 aromatic carbocycles. The number of rotatable bonds is 10. The molecule has 0 saturated heterocycles. The van der Waals surface area contributed by atoms with Crippen LogP contribution in [0.2, 0.25) is 0 Å². The second-order valence-corrected chi connectivity index (χ2v) is 6.90. The SMILES string of the molecule is C[C@H](N)C(=O)N[C@@H](Cc1cnc[nH]1)C(=O)[O-].C[C@H](N)C(=O)N[C@@H](Cc1cnc[nH]1)C(=O)[O-].[Cu+2]. The van der Waals surface area contributed by atoms with Gasteiger partial charge in [0.25, 0.3) is 0 Å². The number of H-pyrrole nitrogens is 2. The van der Waals surface area contributed by atoms with Gasteiger partial charge in [-0.3, -0.25) is 9.59 Å². The second kappa shape index (κ2) is 14.7. The van der Waals surface area contributed by atoms with Gasteiger partial charge in [-0.15, -0.1) is 0 Å². The number of hydrogen-bond donors (Lipinski definition) is 6. The Morgan fingerprint density at radius 2 is 1.18 bits per heavy atom. The molecule has 2 aromatic heterocycles. The third-order valence-corrected chi connectivity index (χ3v) is 3.99. The average molecular weight is 514 g/mol. The number of aromatic amines is 2. The van der Waals surface area contributed by atoms with Crippen molar-refractivity contribution in [2.45, 2.75) is 50.9 Å². The van der Waals surface area contributed by atoms with E-state index in [4.69, 9.17) is 11.5 Å². The van der Waals surface area contributed by atoms with Gasteiger partial charge in [0, 0.05) is 36.6 Å². The topological polar surface area (TPSA) is 248 Å². The molecule has 33 heavy (non-hydrogen) atoms. The third-order valence-electron chi connectivity index (χ3n) is 3.99. The number of carbonyl (C=O) groups is 4. The van der Waals surface area contributed by atoms with Crippen LogP contribution in [0.1, 0.15) is 25.2 Å². The van der Waals surface area contributed by atoms with Crippen LogP contribution in [0.25, 0.3) is 0 Å². The molecule has 0 bridgehead atoms. The predicted octanol–water partition coefficient (Wildman–Crippen LogP) is -4.93. The van der Waals surface area contributed by atoms with Crippen LogP contribution in [0, 0.1) is 0 Å². The summed E-state index contributed by atoms with van der Waals surface area (Å²) in [6.45, 7) is 2.94. The van der Waals surface area contributed by atoms with Crippen molar-refractivity contribution < 1.29 is 46.5 Å². The van der Waals surface area contributed by atoms with E-state index in [-0.39, 0.29) is 29.9 Å². The van der Waals surface area contributed by atoms with E-state index < -0.39 is 47.9 Å². The van der Waals surface area contributed by atoms with Crippen molar-refractivity contribution >= 4 is 23.8 Å². The van der Waals surface area contributed by atoms with Crippen LogP contribution in [0.15, 0.2) is 25.0 Å². The molecule has 0 spiro atoms. The van der Waals surface area contributed by atoms with Crippen molar-refractivity contribution in [1.29, 1.82) is 0 Å². The molecule has 0 unspecified atom stereocenters.